The summed E-state index contributed by atoms with van der Waals surface area (Å²) in [5.74, 6) is 1.70. The summed E-state index contributed by atoms with van der Waals surface area (Å²) >= 11 is 0. The van der Waals surface area contributed by atoms with E-state index >= 15 is 0 Å². The predicted molar refractivity (Wildman–Crippen MR) is 146 cm³/mol. The highest BCUT2D eigenvalue weighted by Gasteiger charge is 2.30. The quantitative estimate of drug-likeness (QED) is 0.170. The number of fused-ring (bicyclic) bond motifs is 2. The lowest BCUT2D eigenvalue weighted by Gasteiger charge is -2.26. The maximum absolute atomic E-state index is 6.57. The molecule has 5 aromatic carbocycles. The van der Waals surface area contributed by atoms with Crippen molar-refractivity contribution in [2.75, 3.05) is 26.4 Å². The zero-order chi connectivity index (χ0) is 24.6. The molecule has 5 aromatic rings. The first-order valence-electron chi connectivity index (χ1n) is 12.9. The Kier molecular flexibility index (Phi) is 5.77. The lowest BCUT2D eigenvalue weighted by molar-refractivity contribution is 0.259. The molecule has 0 N–H and O–H groups in total. The summed E-state index contributed by atoms with van der Waals surface area (Å²) in [5, 5.41) is 4.62. The van der Waals surface area contributed by atoms with Crippen LogP contribution in [0.1, 0.15) is 22.6 Å². The Morgan fingerprint density at radius 1 is 0.622 bits per heavy atom. The van der Waals surface area contributed by atoms with Crippen LogP contribution in [-0.4, -0.2) is 38.6 Å². The second kappa shape index (κ2) is 9.55. The minimum Gasteiger partial charge on any atom is -0.490 e. The third kappa shape index (κ3) is 4.55. The van der Waals surface area contributed by atoms with Gasteiger partial charge in [-0.1, -0.05) is 97.1 Å². The summed E-state index contributed by atoms with van der Waals surface area (Å²) in [7, 11) is 0. The van der Waals surface area contributed by atoms with E-state index in [-0.39, 0.29) is 18.1 Å². The zero-order valence-corrected chi connectivity index (χ0v) is 20.5. The number of rotatable bonds is 9. The van der Waals surface area contributed by atoms with Gasteiger partial charge in [0.2, 0.25) is 0 Å². The van der Waals surface area contributed by atoms with E-state index in [0.717, 1.165) is 46.6 Å². The molecule has 4 heteroatoms. The van der Waals surface area contributed by atoms with Crippen molar-refractivity contribution < 1.29 is 18.9 Å². The van der Waals surface area contributed by atoms with E-state index in [1.165, 1.54) is 16.3 Å². The van der Waals surface area contributed by atoms with Crippen molar-refractivity contribution in [3.63, 3.8) is 0 Å². The summed E-state index contributed by atoms with van der Waals surface area (Å²) in [6.07, 6.45) is 0.338. The number of hydrogen-bond acceptors (Lipinski definition) is 4. The minimum atomic E-state index is -0.0952. The van der Waals surface area contributed by atoms with Gasteiger partial charge in [-0.15, -0.1) is 0 Å². The van der Waals surface area contributed by atoms with Gasteiger partial charge in [0.25, 0.3) is 0 Å². The van der Waals surface area contributed by atoms with Gasteiger partial charge in [0, 0.05) is 22.4 Å². The van der Waals surface area contributed by atoms with Gasteiger partial charge in [0.1, 0.15) is 36.9 Å². The molecule has 7 rings (SSSR count). The molecule has 2 heterocycles. The fourth-order valence-corrected chi connectivity index (χ4v) is 5.18. The van der Waals surface area contributed by atoms with E-state index in [9.17, 15) is 0 Å². The monoisotopic (exact) mass is 488 g/mol. The van der Waals surface area contributed by atoms with Crippen LogP contribution in [0.3, 0.4) is 0 Å². The van der Waals surface area contributed by atoms with Crippen molar-refractivity contribution in [1.82, 2.24) is 0 Å². The average Bonchev–Trinajstić information content (AvgIpc) is 3.88. The normalized spacial score (nSPS) is 19.0. The second-order valence-corrected chi connectivity index (χ2v) is 9.78. The van der Waals surface area contributed by atoms with Crippen LogP contribution in [0.15, 0.2) is 103 Å². The zero-order valence-electron chi connectivity index (χ0n) is 20.5. The molecule has 2 aliphatic heterocycles. The molecule has 0 aromatic heterocycles. The van der Waals surface area contributed by atoms with E-state index < -0.39 is 0 Å². The Balaban J connectivity index is 1.48. The molecule has 4 nitrogen and oxygen atoms in total. The van der Waals surface area contributed by atoms with Crippen molar-refractivity contribution in [2.45, 2.75) is 18.1 Å². The highest BCUT2D eigenvalue weighted by Crippen LogP contribution is 2.46. The Morgan fingerprint density at radius 2 is 1.22 bits per heavy atom. The number of epoxide rings is 2. The lowest BCUT2D eigenvalue weighted by Crippen LogP contribution is -2.13. The molecule has 0 amide bonds. The minimum absolute atomic E-state index is 0.0952. The summed E-state index contributed by atoms with van der Waals surface area (Å²) in [5.41, 5.74) is 3.45. The topological polar surface area (TPSA) is 43.5 Å². The smallest absolute Gasteiger partial charge is 0.131 e. The molecule has 0 spiro atoms. The van der Waals surface area contributed by atoms with Gasteiger partial charge in [-0.05, 0) is 27.8 Å². The molecule has 2 aliphatic rings. The number of benzene rings is 5. The van der Waals surface area contributed by atoms with Crippen LogP contribution in [0.4, 0.5) is 0 Å². The van der Waals surface area contributed by atoms with Crippen LogP contribution in [0.2, 0.25) is 0 Å². The van der Waals surface area contributed by atoms with Crippen LogP contribution in [-0.2, 0) is 9.47 Å². The van der Waals surface area contributed by atoms with Crippen molar-refractivity contribution >= 4 is 21.5 Å². The Morgan fingerprint density at radius 3 is 1.95 bits per heavy atom. The largest absolute Gasteiger partial charge is 0.490 e. The molecule has 3 atom stereocenters. The van der Waals surface area contributed by atoms with Crippen LogP contribution in [0.25, 0.3) is 21.5 Å². The fraction of sp³-hybridized carbons (Fsp3) is 0.212. The highest BCUT2D eigenvalue weighted by atomic mass is 16.6. The SMILES string of the molecule is c1ccc(C(c2ccc3ccccc3c2OCC2CO2)c2c(OCC3CO3)ccc3ccccc23)cc1. The first-order chi connectivity index (χ1) is 18.3. The molecule has 0 radical (unpaired) electrons. The van der Waals surface area contributed by atoms with E-state index in [2.05, 4.69) is 103 Å². The second-order valence-electron chi connectivity index (χ2n) is 9.78. The third-order valence-corrected chi connectivity index (χ3v) is 7.22. The molecule has 0 aliphatic carbocycles. The van der Waals surface area contributed by atoms with Crippen LogP contribution >= 0.6 is 0 Å². The van der Waals surface area contributed by atoms with Crippen LogP contribution in [0.5, 0.6) is 11.5 Å². The molecule has 2 saturated heterocycles. The Hall–Kier alpha value is -3.86. The maximum Gasteiger partial charge on any atom is 0.131 e. The van der Waals surface area contributed by atoms with E-state index in [1.807, 2.05) is 0 Å². The first-order valence-corrected chi connectivity index (χ1v) is 12.9. The van der Waals surface area contributed by atoms with Gasteiger partial charge in [0.15, 0.2) is 0 Å². The van der Waals surface area contributed by atoms with Gasteiger partial charge in [-0.2, -0.15) is 0 Å². The Labute approximate surface area is 216 Å². The molecule has 2 fully saturated rings. The van der Waals surface area contributed by atoms with Crippen molar-refractivity contribution in [3.8, 4) is 11.5 Å². The first kappa shape index (κ1) is 22.3. The summed E-state index contributed by atoms with van der Waals surface area (Å²) in [6, 6.07) is 36.3. The van der Waals surface area contributed by atoms with Crippen LogP contribution < -0.4 is 9.47 Å². The standard InChI is InChI=1S/C33H28O4/c1-2-10-24(11-3-1)31(29-16-14-23-9-5-7-13-28(23)33(29)37-21-26-19-35-26)32-27-12-6-4-8-22(27)15-17-30(32)36-20-25-18-34-25/h1-17,25-26,31H,18-21H2. The average molecular weight is 489 g/mol. The molecular formula is C33H28O4. The maximum atomic E-state index is 6.57. The van der Waals surface area contributed by atoms with Crippen molar-refractivity contribution in [3.05, 3.63) is 120 Å². The summed E-state index contributed by atoms with van der Waals surface area (Å²) in [4.78, 5) is 0. The van der Waals surface area contributed by atoms with Gasteiger partial charge in [-0.3, -0.25) is 0 Å². The predicted octanol–water partition coefficient (Wildman–Crippen LogP) is 6.73. The molecular weight excluding hydrogens is 460 g/mol. The molecule has 0 saturated carbocycles. The molecule has 37 heavy (non-hydrogen) atoms. The molecule has 184 valence electrons. The van der Waals surface area contributed by atoms with Crippen molar-refractivity contribution in [2.24, 2.45) is 0 Å². The van der Waals surface area contributed by atoms with E-state index in [4.69, 9.17) is 18.9 Å². The van der Waals surface area contributed by atoms with Gasteiger partial charge < -0.3 is 18.9 Å². The Bertz CT molecular complexity index is 1550. The number of ether oxygens (including phenoxy) is 4. The van der Waals surface area contributed by atoms with Gasteiger partial charge in [-0.25, -0.2) is 0 Å². The van der Waals surface area contributed by atoms with Gasteiger partial charge in [0.05, 0.1) is 13.2 Å². The molecule has 0 bridgehead atoms. The van der Waals surface area contributed by atoms with E-state index in [0.29, 0.717) is 13.2 Å². The number of hydrogen-bond donors (Lipinski definition) is 0. The third-order valence-electron chi connectivity index (χ3n) is 7.22. The van der Waals surface area contributed by atoms with Crippen molar-refractivity contribution in [1.29, 1.82) is 0 Å². The van der Waals surface area contributed by atoms with E-state index in [1.54, 1.807) is 0 Å². The fourth-order valence-electron chi connectivity index (χ4n) is 5.18. The molecule has 3 unspecified atom stereocenters. The summed E-state index contributed by atoms with van der Waals surface area (Å²) in [6.45, 7) is 2.61. The highest BCUT2D eigenvalue weighted by molar-refractivity contribution is 5.93. The van der Waals surface area contributed by atoms with Gasteiger partial charge >= 0.3 is 0 Å². The van der Waals surface area contributed by atoms with Crippen LogP contribution in [0, 0.1) is 0 Å². The lowest BCUT2D eigenvalue weighted by atomic mass is 9.81. The summed E-state index contributed by atoms with van der Waals surface area (Å²) < 4.78 is 24.0.